The largest absolute Gasteiger partial charge is 0.370 e. The lowest BCUT2D eigenvalue weighted by molar-refractivity contribution is -0.137. The zero-order valence-corrected chi connectivity index (χ0v) is 18.9. The lowest BCUT2D eigenvalue weighted by Gasteiger charge is -2.33. The van der Waals surface area contributed by atoms with Gasteiger partial charge in [-0.25, -0.2) is 0 Å². The molecule has 3 amide bonds. The minimum Gasteiger partial charge on any atom is -0.370 e. The first-order valence-corrected chi connectivity index (χ1v) is 12.1. The maximum Gasteiger partial charge on any atom is 0.257 e. The number of nitrogens with one attached hydrogen (secondary N) is 1. The van der Waals surface area contributed by atoms with Crippen molar-refractivity contribution in [1.29, 1.82) is 0 Å². The molecule has 0 radical (unpaired) electrons. The first-order chi connectivity index (χ1) is 15.6. The number of nitrogens with zero attached hydrogens (tertiary/aromatic N) is 4. The molecule has 1 aromatic heterocycles. The van der Waals surface area contributed by atoms with E-state index in [0.717, 1.165) is 57.4 Å². The predicted octanol–water partition coefficient (Wildman–Crippen LogP) is 1.77. The molecule has 0 saturated carbocycles. The maximum absolute atomic E-state index is 13.1. The second-order valence-electron chi connectivity index (χ2n) is 9.12. The van der Waals surface area contributed by atoms with Gasteiger partial charge in [-0.1, -0.05) is 12.8 Å². The summed E-state index contributed by atoms with van der Waals surface area (Å²) in [6.45, 7) is 4.61. The maximum atomic E-state index is 13.1. The van der Waals surface area contributed by atoms with Crippen molar-refractivity contribution in [3.8, 4) is 0 Å². The Bertz CT molecular complexity index is 802. The molecule has 3 saturated heterocycles. The summed E-state index contributed by atoms with van der Waals surface area (Å²) in [7, 11) is 0. The molecule has 4 rings (SSSR count). The number of piperidine rings is 1. The van der Waals surface area contributed by atoms with E-state index in [-0.39, 0.29) is 30.2 Å². The van der Waals surface area contributed by atoms with E-state index in [1.807, 2.05) is 9.80 Å². The van der Waals surface area contributed by atoms with Gasteiger partial charge in [0.2, 0.25) is 11.8 Å². The van der Waals surface area contributed by atoms with Crippen molar-refractivity contribution in [3.05, 3.63) is 17.5 Å². The summed E-state index contributed by atoms with van der Waals surface area (Å²) < 4.78 is 5.57. The lowest BCUT2D eigenvalue weighted by Crippen LogP contribution is -2.42. The van der Waals surface area contributed by atoms with E-state index in [1.165, 1.54) is 12.8 Å². The Labute approximate surface area is 189 Å². The van der Waals surface area contributed by atoms with E-state index in [4.69, 9.17) is 4.74 Å². The van der Waals surface area contributed by atoms with Gasteiger partial charge in [0.05, 0.1) is 24.1 Å². The van der Waals surface area contributed by atoms with Gasteiger partial charge >= 0.3 is 0 Å². The molecule has 176 valence electrons. The second-order valence-corrected chi connectivity index (χ2v) is 9.12. The van der Waals surface area contributed by atoms with Gasteiger partial charge in [-0.3, -0.25) is 19.5 Å². The lowest BCUT2D eigenvalue weighted by atomic mass is 9.92. The average Bonchev–Trinajstić information content (AvgIpc) is 3.37. The predicted molar refractivity (Wildman–Crippen MR) is 118 cm³/mol. The van der Waals surface area contributed by atoms with Crippen molar-refractivity contribution in [1.82, 2.24) is 24.9 Å². The number of ether oxygens (including phenoxy) is 1. The molecule has 9 nitrogen and oxygen atoms in total. The van der Waals surface area contributed by atoms with Crippen LogP contribution in [0.4, 0.5) is 0 Å². The molecule has 3 fully saturated rings. The fourth-order valence-electron chi connectivity index (χ4n) is 5.03. The number of aromatic nitrogens is 2. The molecule has 3 aliphatic rings. The van der Waals surface area contributed by atoms with Gasteiger partial charge < -0.3 is 19.4 Å². The van der Waals surface area contributed by atoms with Crippen LogP contribution in [0.15, 0.2) is 6.20 Å². The molecule has 1 unspecified atom stereocenters. The van der Waals surface area contributed by atoms with Crippen LogP contribution in [0.1, 0.15) is 73.3 Å². The zero-order chi connectivity index (χ0) is 22.3. The smallest absolute Gasteiger partial charge is 0.257 e. The highest BCUT2D eigenvalue weighted by Gasteiger charge is 2.30. The van der Waals surface area contributed by atoms with Gasteiger partial charge in [0, 0.05) is 51.6 Å². The Kier molecular flexibility index (Phi) is 7.78. The topological polar surface area (TPSA) is 98.8 Å². The molecule has 0 aromatic carbocycles. The van der Waals surface area contributed by atoms with Gasteiger partial charge in [0.1, 0.15) is 6.61 Å². The van der Waals surface area contributed by atoms with Crippen LogP contribution in [-0.2, 0) is 14.3 Å². The number of carbonyl (C=O) groups excluding carboxylic acids is 3. The van der Waals surface area contributed by atoms with Gasteiger partial charge in [-0.15, -0.1) is 0 Å². The van der Waals surface area contributed by atoms with Crippen LogP contribution in [0.2, 0.25) is 0 Å². The average molecular weight is 446 g/mol. The van der Waals surface area contributed by atoms with Gasteiger partial charge in [-0.2, -0.15) is 5.10 Å². The Hall–Kier alpha value is -2.42. The highest BCUT2D eigenvalue weighted by atomic mass is 16.5. The zero-order valence-electron chi connectivity index (χ0n) is 18.9. The third-order valence-electron chi connectivity index (χ3n) is 6.88. The van der Waals surface area contributed by atoms with E-state index in [0.29, 0.717) is 38.2 Å². The molecule has 9 heteroatoms. The van der Waals surface area contributed by atoms with E-state index >= 15 is 0 Å². The second kappa shape index (κ2) is 10.9. The highest BCUT2D eigenvalue weighted by molar-refractivity contribution is 5.95. The SMILES string of the molecule is O=C1CCCN1CCOCC(=O)N1CCCC(c2[nH]ncc2C(=O)N2CCCCCC2)C1. The van der Waals surface area contributed by atoms with Crippen molar-refractivity contribution in [2.75, 3.05) is 52.5 Å². The Morgan fingerprint density at radius 1 is 1.03 bits per heavy atom. The Morgan fingerprint density at radius 3 is 2.56 bits per heavy atom. The van der Waals surface area contributed by atoms with Crippen LogP contribution < -0.4 is 0 Å². The van der Waals surface area contributed by atoms with E-state index < -0.39 is 0 Å². The standard InChI is InChI=1S/C23H35N5O4/c29-20-8-6-11-26(20)13-14-32-17-21(30)28-12-5-7-18(16-28)22-19(15-24-25-22)23(31)27-9-3-1-2-4-10-27/h15,18H,1-14,16-17H2,(H,24,25). The molecular formula is C23H35N5O4. The van der Waals surface area contributed by atoms with Gasteiger partial charge in [0.15, 0.2) is 0 Å². The van der Waals surface area contributed by atoms with Crippen LogP contribution in [0, 0.1) is 0 Å². The van der Waals surface area contributed by atoms with Crippen molar-refractivity contribution in [3.63, 3.8) is 0 Å². The Balaban J connectivity index is 1.29. The van der Waals surface area contributed by atoms with E-state index in [1.54, 1.807) is 11.1 Å². The number of rotatable bonds is 7. The number of hydrogen-bond donors (Lipinski definition) is 1. The Morgan fingerprint density at radius 2 is 1.81 bits per heavy atom. The number of hydrogen-bond acceptors (Lipinski definition) is 5. The van der Waals surface area contributed by atoms with Crippen molar-refractivity contribution < 1.29 is 19.1 Å². The van der Waals surface area contributed by atoms with Crippen molar-refractivity contribution in [2.24, 2.45) is 0 Å². The fraction of sp³-hybridized carbons (Fsp3) is 0.739. The molecule has 4 heterocycles. The fourth-order valence-corrected chi connectivity index (χ4v) is 5.03. The quantitative estimate of drug-likeness (QED) is 0.645. The number of aromatic amines is 1. The van der Waals surface area contributed by atoms with Crippen LogP contribution in [-0.4, -0.2) is 95.1 Å². The minimum atomic E-state index is -0.0395. The minimum absolute atomic E-state index is 0.0251. The van der Waals surface area contributed by atoms with Crippen molar-refractivity contribution in [2.45, 2.75) is 57.3 Å². The molecule has 1 N–H and O–H groups in total. The summed E-state index contributed by atoms with van der Waals surface area (Å²) in [6, 6.07) is 0. The van der Waals surface area contributed by atoms with Crippen LogP contribution in [0.25, 0.3) is 0 Å². The molecule has 0 spiro atoms. The molecular weight excluding hydrogens is 410 g/mol. The molecule has 3 aliphatic heterocycles. The summed E-state index contributed by atoms with van der Waals surface area (Å²) in [4.78, 5) is 43.1. The molecule has 1 aromatic rings. The van der Waals surface area contributed by atoms with E-state index in [9.17, 15) is 14.4 Å². The van der Waals surface area contributed by atoms with Gasteiger partial charge in [0.25, 0.3) is 5.91 Å². The number of likely N-dealkylation sites (tertiary alicyclic amines) is 3. The monoisotopic (exact) mass is 445 g/mol. The normalized spacial score (nSPS) is 22.3. The third-order valence-corrected chi connectivity index (χ3v) is 6.88. The summed E-state index contributed by atoms with van der Waals surface area (Å²) in [6.07, 6.45) is 9.43. The first kappa shape index (κ1) is 22.8. The molecule has 0 bridgehead atoms. The summed E-state index contributed by atoms with van der Waals surface area (Å²) in [5, 5.41) is 7.23. The molecule has 0 aliphatic carbocycles. The molecule has 1 atom stereocenters. The third kappa shape index (κ3) is 5.49. The van der Waals surface area contributed by atoms with Crippen LogP contribution >= 0.6 is 0 Å². The number of carbonyl (C=O) groups is 3. The summed E-state index contributed by atoms with van der Waals surface area (Å²) >= 11 is 0. The number of amides is 3. The van der Waals surface area contributed by atoms with Gasteiger partial charge in [-0.05, 0) is 32.1 Å². The highest BCUT2D eigenvalue weighted by Crippen LogP contribution is 2.29. The summed E-state index contributed by atoms with van der Waals surface area (Å²) in [5.74, 6) is 0.258. The van der Waals surface area contributed by atoms with Crippen LogP contribution in [0.5, 0.6) is 0 Å². The number of H-pyrrole nitrogens is 1. The van der Waals surface area contributed by atoms with E-state index in [2.05, 4.69) is 10.2 Å². The summed E-state index contributed by atoms with van der Waals surface area (Å²) in [5.41, 5.74) is 1.50. The molecule has 32 heavy (non-hydrogen) atoms. The van der Waals surface area contributed by atoms with Crippen LogP contribution in [0.3, 0.4) is 0 Å². The first-order valence-electron chi connectivity index (χ1n) is 12.1. The van der Waals surface area contributed by atoms with Crippen molar-refractivity contribution >= 4 is 17.7 Å².